The van der Waals surface area contributed by atoms with Crippen LogP contribution in [0.1, 0.15) is 0 Å². The standard InChI is InChI=1S/C45H27N3O2/c1-2-11-28(12-3-1)29-21-23-30(24-22-29)43-46-44(31-25-26-35-33-14-6-8-19-39(33)49-41(35)27-31)48-45(47-43)38-16-5-4-13-32(38)36-17-10-18-37-34-15-7-9-20-40(34)50-42(36)37/h1-27H. The van der Waals surface area contributed by atoms with Crippen LogP contribution in [0.15, 0.2) is 173 Å². The molecule has 0 aliphatic carbocycles. The lowest BCUT2D eigenvalue weighted by Crippen LogP contribution is -2.01. The zero-order valence-electron chi connectivity index (χ0n) is 26.7. The van der Waals surface area contributed by atoms with Gasteiger partial charge in [-0.25, -0.2) is 15.0 Å². The maximum atomic E-state index is 6.46. The molecule has 0 bridgehead atoms. The molecule has 0 unspecified atom stereocenters. The minimum atomic E-state index is 0.566. The molecular formula is C45H27N3O2. The Bertz CT molecular complexity index is 2870. The van der Waals surface area contributed by atoms with Crippen molar-refractivity contribution in [3.8, 4) is 56.4 Å². The number of hydrogen-bond acceptors (Lipinski definition) is 5. The lowest BCUT2D eigenvalue weighted by Gasteiger charge is -2.12. The molecule has 10 aromatic rings. The molecule has 0 amide bonds. The first-order valence-electron chi connectivity index (χ1n) is 16.6. The molecule has 0 saturated heterocycles. The highest BCUT2D eigenvalue weighted by Gasteiger charge is 2.19. The van der Waals surface area contributed by atoms with E-state index in [-0.39, 0.29) is 0 Å². The second kappa shape index (κ2) is 11.4. The first-order chi connectivity index (χ1) is 24.8. The predicted molar refractivity (Wildman–Crippen MR) is 202 cm³/mol. The van der Waals surface area contributed by atoms with E-state index in [0.717, 1.165) is 82.8 Å². The Kier molecular flexibility index (Phi) is 6.42. The van der Waals surface area contributed by atoms with Gasteiger partial charge in [-0.1, -0.05) is 140 Å². The van der Waals surface area contributed by atoms with Gasteiger partial charge in [-0.05, 0) is 41.0 Å². The smallest absolute Gasteiger partial charge is 0.164 e. The van der Waals surface area contributed by atoms with Crippen molar-refractivity contribution in [2.24, 2.45) is 0 Å². The maximum absolute atomic E-state index is 6.46. The second-order valence-corrected chi connectivity index (χ2v) is 12.4. The number of nitrogens with zero attached hydrogens (tertiary/aromatic N) is 3. The van der Waals surface area contributed by atoms with Gasteiger partial charge < -0.3 is 8.83 Å². The summed E-state index contributed by atoms with van der Waals surface area (Å²) in [4.78, 5) is 15.3. The van der Waals surface area contributed by atoms with E-state index < -0.39 is 0 Å². The van der Waals surface area contributed by atoms with Crippen LogP contribution in [0.5, 0.6) is 0 Å². The molecule has 10 rings (SSSR count). The summed E-state index contributed by atoms with van der Waals surface area (Å²) >= 11 is 0. The van der Waals surface area contributed by atoms with Gasteiger partial charge in [0.1, 0.15) is 22.3 Å². The minimum Gasteiger partial charge on any atom is -0.456 e. The Morgan fingerprint density at radius 3 is 1.62 bits per heavy atom. The average molecular weight is 642 g/mol. The highest BCUT2D eigenvalue weighted by molar-refractivity contribution is 6.10. The van der Waals surface area contributed by atoms with Crippen molar-refractivity contribution in [3.05, 3.63) is 164 Å². The van der Waals surface area contributed by atoms with Crippen molar-refractivity contribution >= 4 is 43.9 Å². The fourth-order valence-electron chi connectivity index (χ4n) is 6.93. The van der Waals surface area contributed by atoms with Gasteiger partial charge in [0.25, 0.3) is 0 Å². The summed E-state index contributed by atoms with van der Waals surface area (Å²) in [5, 5.41) is 4.30. The summed E-state index contributed by atoms with van der Waals surface area (Å²) in [5.74, 6) is 1.73. The van der Waals surface area contributed by atoms with Gasteiger partial charge >= 0.3 is 0 Å². The summed E-state index contributed by atoms with van der Waals surface area (Å²) in [6.45, 7) is 0. The van der Waals surface area contributed by atoms with Gasteiger partial charge in [-0.2, -0.15) is 0 Å². The van der Waals surface area contributed by atoms with E-state index >= 15 is 0 Å². The van der Waals surface area contributed by atoms with Crippen LogP contribution in [0.3, 0.4) is 0 Å². The molecule has 0 aliphatic heterocycles. The molecule has 7 aromatic carbocycles. The molecule has 0 saturated carbocycles. The highest BCUT2D eigenvalue weighted by atomic mass is 16.3. The van der Waals surface area contributed by atoms with Gasteiger partial charge in [0.2, 0.25) is 0 Å². The molecule has 0 N–H and O–H groups in total. The van der Waals surface area contributed by atoms with Crippen LogP contribution in [0.25, 0.3) is 100 Å². The number of para-hydroxylation sites is 3. The van der Waals surface area contributed by atoms with Crippen molar-refractivity contribution < 1.29 is 8.83 Å². The third-order valence-corrected chi connectivity index (χ3v) is 9.39. The molecule has 50 heavy (non-hydrogen) atoms. The van der Waals surface area contributed by atoms with E-state index in [9.17, 15) is 0 Å². The minimum absolute atomic E-state index is 0.566. The molecule has 0 aliphatic rings. The number of rotatable bonds is 5. The number of hydrogen-bond donors (Lipinski definition) is 0. The largest absolute Gasteiger partial charge is 0.456 e. The summed E-state index contributed by atoms with van der Waals surface area (Å²) < 4.78 is 12.7. The van der Waals surface area contributed by atoms with E-state index in [1.54, 1.807) is 0 Å². The summed E-state index contributed by atoms with van der Waals surface area (Å²) in [6, 6.07) is 55.7. The van der Waals surface area contributed by atoms with Gasteiger partial charge in [0.15, 0.2) is 17.5 Å². The van der Waals surface area contributed by atoms with Crippen LogP contribution in [0.2, 0.25) is 0 Å². The van der Waals surface area contributed by atoms with E-state index in [4.69, 9.17) is 23.8 Å². The summed E-state index contributed by atoms with van der Waals surface area (Å²) in [5.41, 5.74) is 10.2. The van der Waals surface area contributed by atoms with E-state index in [0.29, 0.717) is 17.5 Å². The molecule has 0 fully saturated rings. The average Bonchev–Trinajstić information content (AvgIpc) is 3.76. The SMILES string of the molecule is c1ccc(-c2ccc(-c3nc(-c4ccc5c(c4)oc4ccccc45)nc(-c4ccccc4-c4cccc5c4oc4ccccc45)n3)cc2)cc1. The highest BCUT2D eigenvalue weighted by Crippen LogP contribution is 2.40. The van der Waals surface area contributed by atoms with E-state index in [1.807, 2.05) is 60.7 Å². The van der Waals surface area contributed by atoms with Crippen molar-refractivity contribution in [3.63, 3.8) is 0 Å². The molecule has 0 atom stereocenters. The predicted octanol–water partition coefficient (Wildman–Crippen LogP) is 12.0. The fraction of sp³-hybridized carbons (Fsp3) is 0. The quantitative estimate of drug-likeness (QED) is 0.187. The first kappa shape index (κ1) is 28.2. The van der Waals surface area contributed by atoms with Crippen molar-refractivity contribution in [2.75, 3.05) is 0 Å². The third-order valence-electron chi connectivity index (χ3n) is 9.39. The Hall–Kier alpha value is -6.85. The molecule has 5 heteroatoms. The number of aromatic nitrogens is 3. The third kappa shape index (κ3) is 4.67. The topological polar surface area (TPSA) is 65.0 Å². The molecule has 5 nitrogen and oxygen atoms in total. The summed E-state index contributed by atoms with van der Waals surface area (Å²) in [7, 11) is 0. The summed E-state index contributed by atoms with van der Waals surface area (Å²) in [6.07, 6.45) is 0. The van der Waals surface area contributed by atoms with Gasteiger partial charge in [0, 0.05) is 43.8 Å². The van der Waals surface area contributed by atoms with Crippen molar-refractivity contribution in [2.45, 2.75) is 0 Å². The van der Waals surface area contributed by atoms with Gasteiger partial charge in [0.05, 0.1) is 0 Å². The fourth-order valence-corrected chi connectivity index (χ4v) is 6.93. The molecule has 234 valence electrons. The number of benzene rings is 7. The van der Waals surface area contributed by atoms with E-state index in [2.05, 4.69) is 103 Å². The Morgan fingerprint density at radius 1 is 0.300 bits per heavy atom. The molecular weight excluding hydrogens is 615 g/mol. The maximum Gasteiger partial charge on any atom is 0.164 e. The van der Waals surface area contributed by atoms with Crippen LogP contribution >= 0.6 is 0 Å². The molecule has 0 radical (unpaired) electrons. The monoisotopic (exact) mass is 641 g/mol. The van der Waals surface area contributed by atoms with Crippen LogP contribution < -0.4 is 0 Å². The Labute approximate surface area is 287 Å². The zero-order chi connectivity index (χ0) is 33.0. The molecule has 3 aromatic heterocycles. The number of fused-ring (bicyclic) bond motifs is 6. The normalized spacial score (nSPS) is 11.6. The second-order valence-electron chi connectivity index (χ2n) is 12.4. The van der Waals surface area contributed by atoms with Crippen LogP contribution in [0.4, 0.5) is 0 Å². The van der Waals surface area contributed by atoms with Crippen LogP contribution in [-0.2, 0) is 0 Å². The molecule has 0 spiro atoms. The van der Waals surface area contributed by atoms with Gasteiger partial charge in [-0.3, -0.25) is 0 Å². The first-order valence-corrected chi connectivity index (χ1v) is 16.6. The van der Waals surface area contributed by atoms with Crippen LogP contribution in [0, 0.1) is 0 Å². The van der Waals surface area contributed by atoms with Crippen LogP contribution in [-0.4, -0.2) is 15.0 Å². The van der Waals surface area contributed by atoms with Gasteiger partial charge in [-0.15, -0.1) is 0 Å². The molecule has 3 heterocycles. The van der Waals surface area contributed by atoms with E-state index in [1.165, 1.54) is 0 Å². The van der Waals surface area contributed by atoms with Crippen molar-refractivity contribution in [1.82, 2.24) is 15.0 Å². The lowest BCUT2D eigenvalue weighted by atomic mass is 9.97. The Balaban J connectivity index is 1.17. The lowest BCUT2D eigenvalue weighted by molar-refractivity contribution is 0.669. The van der Waals surface area contributed by atoms with Crippen molar-refractivity contribution in [1.29, 1.82) is 0 Å². The zero-order valence-corrected chi connectivity index (χ0v) is 26.7. The number of furan rings is 2. The Morgan fingerprint density at radius 2 is 0.820 bits per heavy atom.